The third-order valence-electron chi connectivity index (χ3n) is 3.20. The van der Waals surface area contributed by atoms with Crippen LogP contribution >= 0.6 is 0 Å². The maximum atomic E-state index is 5.72. The van der Waals surface area contributed by atoms with Crippen LogP contribution in [0.5, 0.6) is 0 Å². The second kappa shape index (κ2) is 8.27. The van der Waals surface area contributed by atoms with E-state index in [0.717, 1.165) is 25.0 Å². The minimum absolute atomic E-state index is 0.508. The monoisotopic (exact) mass is 280 g/mol. The molecule has 0 atom stereocenters. The molecule has 3 nitrogen and oxygen atoms in total. The normalized spacial score (nSPS) is 12.2. The molecule has 0 aliphatic heterocycles. The van der Waals surface area contributed by atoms with Crippen LogP contribution in [0, 0.1) is 0 Å². The zero-order valence-corrected chi connectivity index (χ0v) is 13.6. The van der Waals surface area contributed by atoms with E-state index in [4.69, 9.17) is 13.9 Å². The number of hydrogen-bond acceptors (Lipinski definition) is 3. The van der Waals surface area contributed by atoms with E-state index in [1.807, 2.05) is 13.0 Å². The zero-order valence-electron chi connectivity index (χ0n) is 12.1. The van der Waals surface area contributed by atoms with Crippen molar-refractivity contribution in [3.05, 3.63) is 42.0 Å². The number of methoxy groups -OCH3 is 2. The molecule has 0 aliphatic carbocycles. The van der Waals surface area contributed by atoms with E-state index in [1.165, 1.54) is 5.56 Å². The molecular formula is C15H24O3Si. The first kappa shape index (κ1) is 16.1. The van der Waals surface area contributed by atoms with Crippen molar-refractivity contribution in [1.29, 1.82) is 0 Å². The Kier molecular flexibility index (Phi) is 7.01. The van der Waals surface area contributed by atoms with Crippen molar-refractivity contribution in [3.63, 3.8) is 0 Å². The molecule has 1 aromatic rings. The Labute approximate surface area is 118 Å². The van der Waals surface area contributed by atoms with Crippen molar-refractivity contribution in [1.82, 2.24) is 0 Å². The van der Waals surface area contributed by atoms with Crippen molar-refractivity contribution in [3.8, 4) is 0 Å². The molecule has 0 saturated heterocycles. The molecule has 0 N–H and O–H groups in total. The van der Waals surface area contributed by atoms with Gasteiger partial charge >= 0.3 is 0 Å². The topological polar surface area (TPSA) is 27.7 Å². The lowest BCUT2D eigenvalue weighted by Crippen LogP contribution is -2.38. The minimum Gasteiger partial charge on any atom is -0.418 e. The van der Waals surface area contributed by atoms with Crippen LogP contribution in [-0.2, 0) is 20.3 Å². The Morgan fingerprint density at radius 2 is 1.84 bits per heavy atom. The maximum absolute atomic E-state index is 5.72. The summed E-state index contributed by atoms with van der Waals surface area (Å²) in [5, 5.41) is 0. The molecule has 1 aromatic carbocycles. The predicted octanol–water partition coefficient (Wildman–Crippen LogP) is 2.33. The standard InChI is InChI=1S/C15H24O3Si/c1-5-13-8-10-14(11-9-13)7-6-12-18-19-15(2,16-3)17-4/h5,8-11H,1,6-7,12,19H2,2-4H3. The van der Waals surface area contributed by atoms with Gasteiger partial charge in [0.25, 0.3) is 0 Å². The van der Waals surface area contributed by atoms with Gasteiger partial charge in [-0.2, -0.15) is 0 Å². The summed E-state index contributed by atoms with van der Waals surface area (Å²) in [5.74, 6) is 0. The van der Waals surface area contributed by atoms with Crippen molar-refractivity contribution in [2.24, 2.45) is 0 Å². The first-order valence-electron chi connectivity index (χ1n) is 6.53. The first-order valence-corrected chi connectivity index (χ1v) is 7.81. The summed E-state index contributed by atoms with van der Waals surface area (Å²) in [7, 11) is 2.47. The van der Waals surface area contributed by atoms with Crippen LogP contribution in [0.4, 0.5) is 0 Å². The zero-order chi connectivity index (χ0) is 14.1. The van der Waals surface area contributed by atoms with Gasteiger partial charge in [-0.05, 0) is 30.9 Å². The molecule has 0 heterocycles. The second-order valence-corrected chi connectivity index (χ2v) is 6.63. The maximum Gasteiger partial charge on any atom is 0.227 e. The highest BCUT2D eigenvalue weighted by Crippen LogP contribution is 2.10. The number of aryl methyl sites for hydroxylation is 1. The highest BCUT2D eigenvalue weighted by Gasteiger charge is 2.23. The van der Waals surface area contributed by atoms with E-state index in [1.54, 1.807) is 14.2 Å². The van der Waals surface area contributed by atoms with E-state index in [2.05, 4.69) is 30.8 Å². The molecule has 0 unspecified atom stereocenters. The smallest absolute Gasteiger partial charge is 0.227 e. The highest BCUT2D eigenvalue weighted by atomic mass is 28.2. The summed E-state index contributed by atoms with van der Waals surface area (Å²) in [5.41, 5.74) is 1.98. The Hall–Kier alpha value is -0.943. The van der Waals surface area contributed by atoms with E-state index >= 15 is 0 Å². The van der Waals surface area contributed by atoms with Gasteiger partial charge in [0.15, 0.2) is 5.41 Å². The summed E-state index contributed by atoms with van der Waals surface area (Å²) >= 11 is 0. The van der Waals surface area contributed by atoms with Gasteiger partial charge in [0.2, 0.25) is 9.76 Å². The lowest BCUT2D eigenvalue weighted by Gasteiger charge is -2.25. The van der Waals surface area contributed by atoms with Gasteiger partial charge in [-0.3, -0.25) is 0 Å². The molecule has 0 amide bonds. The summed E-state index contributed by atoms with van der Waals surface area (Å²) in [6, 6.07) is 8.46. The van der Waals surface area contributed by atoms with Gasteiger partial charge in [-0.25, -0.2) is 0 Å². The molecule has 19 heavy (non-hydrogen) atoms. The van der Waals surface area contributed by atoms with Gasteiger partial charge in [0.05, 0.1) is 0 Å². The minimum atomic E-state index is -0.839. The second-order valence-electron chi connectivity index (χ2n) is 4.64. The molecule has 1 rings (SSSR count). The highest BCUT2D eigenvalue weighted by molar-refractivity contribution is 6.30. The third kappa shape index (κ3) is 5.70. The van der Waals surface area contributed by atoms with Crippen LogP contribution in [-0.4, -0.2) is 36.0 Å². The Balaban J connectivity index is 2.21. The molecular weight excluding hydrogens is 256 g/mol. The average molecular weight is 280 g/mol. The number of hydrogen-bond donors (Lipinski definition) is 0. The SMILES string of the molecule is C=Cc1ccc(CCCO[SiH2]C(C)(OC)OC)cc1. The van der Waals surface area contributed by atoms with Crippen molar-refractivity contribution in [2.75, 3.05) is 20.8 Å². The van der Waals surface area contributed by atoms with Crippen molar-refractivity contribution in [2.45, 2.75) is 25.2 Å². The molecule has 0 bridgehead atoms. The molecule has 0 radical (unpaired) electrons. The fraction of sp³-hybridized carbons (Fsp3) is 0.467. The molecule has 0 saturated carbocycles. The lowest BCUT2D eigenvalue weighted by molar-refractivity contribution is -0.138. The Morgan fingerprint density at radius 3 is 2.37 bits per heavy atom. The van der Waals surface area contributed by atoms with Crippen LogP contribution in [0.25, 0.3) is 6.08 Å². The fourth-order valence-corrected chi connectivity index (χ4v) is 2.61. The summed E-state index contributed by atoms with van der Waals surface area (Å²) in [6.07, 6.45) is 3.90. The molecule has 4 heteroatoms. The molecule has 0 fully saturated rings. The van der Waals surface area contributed by atoms with Crippen molar-refractivity contribution < 1.29 is 13.9 Å². The largest absolute Gasteiger partial charge is 0.418 e. The number of rotatable bonds is 9. The summed E-state index contributed by atoms with van der Waals surface area (Å²) in [4.78, 5) is 0. The fourth-order valence-electron chi connectivity index (χ4n) is 1.66. The van der Waals surface area contributed by atoms with Crippen LogP contribution in [0.2, 0.25) is 0 Å². The average Bonchev–Trinajstić information content (AvgIpc) is 2.47. The Bertz CT molecular complexity index is 371. The molecule has 106 valence electrons. The van der Waals surface area contributed by atoms with E-state index in [-0.39, 0.29) is 0 Å². The predicted molar refractivity (Wildman–Crippen MR) is 81.8 cm³/mol. The van der Waals surface area contributed by atoms with Gasteiger partial charge in [-0.1, -0.05) is 36.9 Å². The van der Waals surface area contributed by atoms with Crippen LogP contribution < -0.4 is 0 Å². The first-order chi connectivity index (χ1) is 9.13. The van der Waals surface area contributed by atoms with Gasteiger partial charge in [0.1, 0.15) is 0 Å². The molecule has 0 aliphatic rings. The van der Waals surface area contributed by atoms with Gasteiger partial charge in [-0.15, -0.1) is 0 Å². The van der Waals surface area contributed by atoms with Crippen LogP contribution in [0.3, 0.4) is 0 Å². The number of ether oxygens (including phenoxy) is 2. The van der Waals surface area contributed by atoms with E-state index in [9.17, 15) is 0 Å². The van der Waals surface area contributed by atoms with E-state index < -0.39 is 15.2 Å². The summed E-state index contributed by atoms with van der Waals surface area (Å²) in [6.45, 7) is 6.43. The molecule has 0 aromatic heterocycles. The van der Waals surface area contributed by atoms with Gasteiger partial charge < -0.3 is 13.9 Å². The Morgan fingerprint density at radius 1 is 1.21 bits per heavy atom. The van der Waals surface area contributed by atoms with Gasteiger partial charge in [0, 0.05) is 20.8 Å². The lowest BCUT2D eigenvalue weighted by atomic mass is 10.1. The molecule has 0 spiro atoms. The van der Waals surface area contributed by atoms with Crippen LogP contribution in [0.15, 0.2) is 30.8 Å². The summed E-state index contributed by atoms with van der Waals surface area (Å²) < 4.78 is 16.3. The van der Waals surface area contributed by atoms with E-state index in [0.29, 0.717) is 0 Å². The third-order valence-corrected chi connectivity index (χ3v) is 4.79. The number of benzene rings is 1. The van der Waals surface area contributed by atoms with Crippen molar-refractivity contribution >= 4 is 15.8 Å². The quantitative estimate of drug-likeness (QED) is 0.395. The van der Waals surface area contributed by atoms with Crippen LogP contribution in [0.1, 0.15) is 24.5 Å².